The van der Waals surface area contributed by atoms with Crippen molar-refractivity contribution in [3.05, 3.63) is 0 Å². The third-order valence-electron chi connectivity index (χ3n) is 5.97. The maximum atomic E-state index is 12.2. The highest BCUT2D eigenvalue weighted by Gasteiger charge is 2.38. The van der Waals surface area contributed by atoms with Crippen LogP contribution in [0, 0.1) is 17.8 Å². The third-order valence-corrected chi connectivity index (χ3v) is 5.97. The van der Waals surface area contributed by atoms with Crippen molar-refractivity contribution < 1.29 is 14.3 Å². The number of hydrogen-bond donors (Lipinski definition) is 6. The number of nitrogens with one attached hydrogen (secondary N) is 4. The number of nitrogens with zero attached hydrogens (tertiary/aromatic N) is 1. The molecule has 1 saturated heterocycles. The van der Waals surface area contributed by atoms with Crippen LogP contribution in [0.15, 0.2) is 5.10 Å². The Bertz CT molecular complexity index is 533. The molecule has 10 heteroatoms. The number of hydrazine groups is 1. The minimum absolute atomic E-state index is 0.00463. The average Bonchev–Trinajstić information content (AvgIpc) is 2.77. The highest BCUT2D eigenvalue weighted by atomic mass is 16.5. The second-order valence-corrected chi connectivity index (χ2v) is 8.15. The molecule has 0 aromatic heterocycles. The van der Waals surface area contributed by atoms with Crippen molar-refractivity contribution >= 4 is 18.1 Å². The van der Waals surface area contributed by atoms with E-state index < -0.39 is 0 Å². The molecule has 0 amide bonds. The van der Waals surface area contributed by atoms with Gasteiger partial charge in [0.1, 0.15) is 24.8 Å². The van der Waals surface area contributed by atoms with E-state index in [1.165, 1.54) is 12.8 Å². The molecule has 0 aromatic rings. The summed E-state index contributed by atoms with van der Waals surface area (Å²) in [6, 6.07) is -0.153. The number of aldehydes is 1. The van der Waals surface area contributed by atoms with Crippen LogP contribution in [0.2, 0.25) is 0 Å². The van der Waals surface area contributed by atoms with Crippen LogP contribution in [0.4, 0.5) is 0 Å². The summed E-state index contributed by atoms with van der Waals surface area (Å²) in [7, 11) is 3.60. The van der Waals surface area contributed by atoms with Crippen molar-refractivity contribution in [2.45, 2.75) is 57.5 Å². The van der Waals surface area contributed by atoms with Crippen molar-refractivity contribution in [1.82, 2.24) is 21.5 Å². The number of piperidine rings is 1. The Hall–Kier alpha value is -1.75. The van der Waals surface area contributed by atoms with Gasteiger partial charge in [-0.2, -0.15) is 5.10 Å². The molecule has 10 nitrogen and oxygen atoms in total. The molecule has 0 bridgehead atoms. The van der Waals surface area contributed by atoms with Crippen LogP contribution in [-0.4, -0.2) is 64.0 Å². The molecule has 0 radical (unpaired) electrons. The molecule has 5 atom stereocenters. The summed E-state index contributed by atoms with van der Waals surface area (Å²) < 4.78 is 5.32. The third kappa shape index (κ3) is 9.84. The van der Waals surface area contributed by atoms with Gasteiger partial charge in [-0.15, -0.1) is 0 Å². The molecular formula is C20H41N7O3. The number of carbonyl (C=O) groups is 2. The molecule has 2 fully saturated rings. The van der Waals surface area contributed by atoms with E-state index in [1.54, 1.807) is 14.0 Å². The van der Waals surface area contributed by atoms with Crippen molar-refractivity contribution in [1.29, 1.82) is 0 Å². The summed E-state index contributed by atoms with van der Waals surface area (Å²) in [6.07, 6.45) is 7.15. The van der Waals surface area contributed by atoms with Crippen molar-refractivity contribution in [2.24, 2.45) is 34.4 Å². The summed E-state index contributed by atoms with van der Waals surface area (Å²) in [5.74, 6) is 7.50. The molecule has 30 heavy (non-hydrogen) atoms. The van der Waals surface area contributed by atoms with Gasteiger partial charge in [0.05, 0.1) is 6.04 Å². The maximum absolute atomic E-state index is 12.2. The van der Waals surface area contributed by atoms with Crippen LogP contribution in [0.25, 0.3) is 0 Å². The molecular weight excluding hydrogens is 386 g/mol. The monoisotopic (exact) mass is 427 g/mol. The van der Waals surface area contributed by atoms with Crippen molar-refractivity contribution in [3.63, 3.8) is 0 Å². The number of amidine groups is 1. The molecule has 2 aliphatic rings. The summed E-state index contributed by atoms with van der Waals surface area (Å²) >= 11 is 0. The second-order valence-electron chi connectivity index (χ2n) is 8.15. The minimum atomic E-state index is -0.157. The summed E-state index contributed by atoms with van der Waals surface area (Å²) in [4.78, 5) is 21.8. The fourth-order valence-corrected chi connectivity index (χ4v) is 4.02. The SMILES string of the molecule is CNC(C)C=O.CNCCOC(=O)C1CC2CC(CC/C(N)=N/NN)CCC2CN1. The van der Waals surface area contributed by atoms with Gasteiger partial charge in [-0.1, -0.05) is 6.42 Å². The fourth-order valence-electron chi connectivity index (χ4n) is 4.02. The van der Waals surface area contributed by atoms with E-state index in [0.29, 0.717) is 36.7 Å². The van der Waals surface area contributed by atoms with Gasteiger partial charge in [0.25, 0.3) is 0 Å². The predicted molar refractivity (Wildman–Crippen MR) is 118 cm³/mol. The Morgan fingerprint density at radius 3 is 2.67 bits per heavy atom. The Morgan fingerprint density at radius 1 is 1.30 bits per heavy atom. The van der Waals surface area contributed by atoms with Crippen LogP contribution in [0.1, 0.15) is 45.4 Å². The topological polar surface area (TPSA) is 156 Å². The van der Waals surface area contributed by atoms with Crippen LogP contribution >= 0.6 is 0 Å². The van der Waals surface area contributed by atoms with E-state index in [1.807, 2.05) is 7.05 Å². The quantitative estimate of drug-likeness (QED) is 0.0512. The number of nitrogens with two attached hydrogens (primary N) is 2. The number of ether oxygens (including phenoxy) is 1. The lowest BCUT2D eigenvalue weighted by Gasteiger charge is -2.42. The molecule has 1 heterocycles. The van der Waals surface area contributed by atoms with Gasteiger partial charge < -0.3 is 31.2 Å². The van der Waals surface area contributed by atoms with Gasteiger partial charge in [-0.05, 0) is 71.0 Å². The predicted octanol–water partition coefficient (Wildman–Crippen LogP) is -0.548. The average molecular weight is 428 g/mol. The molecule has 1 aliphatic heterocycles. The Labute approximate surface area is 180 Å². The number of rotatable bonds is 10. The van der Waals surface area contributed by atoms with E-state index >= 15 is 0 Å². The molecule has 1 saturated carbocycles. The number of carbonyl (C=O) groups excluding carboxylic acids is 2. The highest BCUT2D eigenvalue weighted by Crippen LogP contribution is 2.40. The largest absolute Gasteiger partial charge is 0.463 e. The smallest absolute Gasteiger partial charge is 0.323 e. The first-order chi connectivity index (χ1) is 14.4. The van der Waals surface area contributed by atoms with Crippen LogP contribution in [-0.2, 0) is 14.3 Å². The molecule has 8 N–H and O–H groups in total. The lowest BCUT2D eigenvalue weighted by atomic mass is 9.69. The molecule has 0 spiro atoms. The Morgan fingerprint density at radius 2 is 2.07 bits per heavy atom. The van der Waals surface area contributed by atoms with Gasteiger partial charge in [0.2, 0.25) is 0 Å². The molecule has 2 rings (SSSR count). The number of fused-ring (bicyclic) bond motifs is 1. The zero-order valence-electron chi connectivity index (χ0n) is 18.7. The van der Waals surface area contributed by atoms with Crippen LogP contribution in [0.5, 0.6) is 0 Å². The van der Waals surface area contributed by atoms with E-state index in [0.717, 1.165) is 38.5 Å². The summed E-state index contributed by atoms with van der Waals surface area (Å²) in [6.45, 7) is 3.84. The fraction of sp³-hybridized carbons (Fsp3) is 0.850. The van der Waals surface area contributed by atoms with Crippen molar-refractivity contribution in [2.75, 3.05) is 33.8 Å². The minimum Gasteiger partial charge on any atom is -0.463 e. The van der Waals surface area contributed by atoms with Crippen LogP contribution in [0.3, 0.4) is 0 Å². The molecule has 1 aliphatic carbocycles. The summed E-state index contributed by atoms with van der Waals surface area (Å²) in [5.41, 5.74) is 8.02. The zero-order chi connectivity index (χ0) is 22.4. The molecule has 174 valence electrons. The van der Waals surface area contributed by atoms with Crippen LogP contribution < -0.4 is 33.1 Å². The zero-order valence-corrected chi connectivity index (χ0v) is 18.7. The second kappa shape index (κ2) is 15.1. The lowest BCUT2D eigenvalue weighted by molar-refractivity contribution is -0.147. The van der Waals surface area contributed by atoms with Gasteiger partial charge in [-0.25, -0.2) is 11.4 Å². The standard InChI is InChI=1S/C16H32N6O2.C4H9NO/c1-19-6-7-24-16(23)14-9-13-8-11(2-4-12(13)10-20-14)3-5-15(17)21-22-18;1-4(3-6)5-2/h11-14,19-20,22H,2-10,18H2,1H3,(H2,17,21);3-5H,1-2H3. The highest BCUT2D eigenvalue weighted by molar-refractivity contribution is 5.79. The van der Waals surface area contributed by atoms with Gasteiger partial charge in [-0.3, -0.25) is 4.79 Å². The first-order valence-corrected chi connectivity index (χ1v) is 10.9. The number of esters is 1. The van der Waals surface area contributed by atoms with E-state index in [-0.39, 0.29) is 18.1 Å². The first kappa shape index (κ1) is 26.3. The van der Waals surface area contributed by atoms with Gasteiger partial charge in [0.15, 0.2) is 0 Å². The van der Waals surface area contributed by atoms with E-state index in [4.69, 9.17) is 16.3 Å². The number of likely N-dealkylation sites (N-methyl/N-ethyl adjacent to an activating group) is 2. The first-order valence-electron chi connectivity index (χ1n) is 10.9. The lowest BCUT2D eigenvalue weighted by Crippen LogP contribution is -2.50. The normalized spacial score (nSPS) is 27.1. The van der Waals surface area contributed by atoms with E-state index in [9.17, 15) is 9.59 Å². The number of hydrogen-bond acceptors (Lipinski definition) is 9. The van der Waals surface area contributed by atoms with Gasteiger partial charge >= 0.3 is 5.97 Å². The Kier molecular flexibility index (Phi) is 13.2. The van der Waals surface area contributed by atoms with Gasteiger partial charge in [0, 0.05) is 13.0 Å². The number of hydrazone groups is 1. The summed E-state index contributed by atoms with van der Waals surface area (Å²) in [5, 5.41) is 12.9. The Balaban J connectivity index is 0.000000656. The molecule has 0 aromatic carbocycles. The van der Waals surface area contributed by atoms with E-state index in [2.05, 4.69) is 26.6 Å². The van der Waals surface area contributed by atoms with Crippen molar-refractivity contribution in [3.8, 4) is 0 Å². The molecule has 5 unspecified atom stereocenters. The maximum Gasteiger partial charge on any atom is 0.323 e.